The first-order chi connectivity index (χ1) is 16.9. The van der Waals surface area contributed by atoms with E-state index in [-0.39, 0.29) is 16.6 Å². The number of thiazole rings is 1. The van der Waals surface area contributed by atoms with Crippen LogP contribution in [-0.4, -0.2) is 76.0 Å². The summed E-state index contributed by atoms with van der Waals surface area (Å²) in [6.45, 7) is 8.73. The lowest BCUT2D eigenvalue weighted by Crippen LogP contribution is -2.39. The smallest absolute Gasteiger partial charge is 0.260 e. The highest BCUT2D eigenvalue weighted by Crippen LogP contribution is 2.32. The van der Waals surface area contributed by atoms with Crippen molar-refractivity contribution in [2.75, 3.05) is 56.7 Å². The van der Waals surface area contributed by atoms with Gasteiger partial charge in [-0.05, 0) is 55.8 Å². The first-order valence-electron chi connectivity index (χ1n) is 11.9. The van der Waals surface area contributed by atoms with Crippen LogP contribution in [0.4, 0.5) is 5.13 Å². The Kier molecular flexibility index (Phi) is 8.38. The van der Waals surface area contributed by atoms with Crippen LogP contribution >= 0.6 is 11.3 Å². The van der Waals surface area contributed by atoms with Gasteiger partial charge >= 0.3 is 0 Å². The van der Waals surface area contributed by atoms with Crippen molar-refractivity contribution in [1.82, 2.24) is 9.88 Å². The second kappa shape index (κ2) is 11.5. The predicted octanol–water partition coefficient (Wildman–Crippen LogP) is 3.86. The number of anilines is 1. The average molecular weight is 518 g/mol. The number of aromatic nitrogens is 1. The van der Waals surface area contributed by atoms with E-state index in [1.807, 2.05) is 25.1 Å². The predicted molar refractivity (Wildman–Crippen MR) is 139 cm³/mol. The van der Waals surface area contributed by atoms with E-state index in [1.165, 1.54) is 23.5 Å². The van der Waals surface area contributed by atoms with Crippen LogP contribution in [-0.2, 0) is 14.6 Å². The Balaban J connectivity index is 1.59. The van der Waals surface area contributed by atoms with Crippen LogP contribution in [0.3, 0.4) is 0 Å². The van der Waals surface area contributed by atoms with Gasteiger partial charge in [0.1, 0.15) is 5.75 Å². The summed E-state index contributed by atoms with van der Waals surface area (Å²) in [5, 5.41) is 0.617. The minimum atomic E-state index is -3.33. The quantitative estimate of drug-likeness (QED) is 0.403. The zero-order chi connectivity index (χ0) is 24.8. The highest BCUT2D eigenvalue weighted by Gasteiger charge is 2.23. The molecule has 8 nitrogen and oxygen atoms in total. The van der Waals surface area contributed by atoms with E-state index in [2.05, 4.69) is 4.90 Å². The SMILES string of the molecule is CCOc1ccc2nc(N(CCCN3CCOCC3)C(=O)c3ccc(S(=O)(=O)CC)cc3)sc2c1. The third-order valence-electron chi connectivity index (χ3n) is 5.94. The van der Waals surface area contributed by atoms with Gasteiger partial charge in [-0.3, -0.25) is 14.6 Å². The van der Waals surface area contributed by atoms with Crippen molar-refractivity contribution >= 4 is 42.4 Å². The average Bonchev–Trinajstić information content (AvgIpc) is 3.30. The van der Waals surface area contributed by atoms with Crippen molar-refractivity contribution in [3.63, 3.8) is 0 Å². The van der Waals surface area contributed by atoms with E-state index in [0.29, 0.717) is 23.8 Å². The maximum Gasteiger partial charge on any atom is 0.260 e. The van der Waals surface area contributed by atoms with E-state index < -0.39 is 9.84 Å². The minimum absolute atomic E-state index is 0.0173. The molecule has 1 aliphatic heterocycles. The van der Waals surface area contributed by atoms with Crippen LogP contribution < -0.4 is 9.64 Å². The number of carbonyl (C=O) groups is 1. The summed E-state index contributed by atoms with van der Waals surface area (Å²) in [5.41, 5.74) is 1.24. The molecule has 0 aliphatic carbocycles. The highest BCUT2D eigenvalue weighted by molar-refractivity contribution is 7.91. The Labute approximate surface area is 210 Å². The Hall–Kier alpha value is -2.53. The fourth-order valence-electron chi connectivity index (χ4n) is 3.95. The third kappa shape index (κ3) is 6.19. The maximum atomic E-state index is 13.6. The number of rotatable bonds is 10. The van der Waals surface area contributed by atoms with E-state index in [9.17, 15) is 13.2 Å². The number of amides is 1. The summed E-state index contributed by atoms with van der Waals surface area (Å²) in [7, 11) is -3.33. The van der Waals surface area contributed by atoms with Crippen LogP contribution in [0.1, 0.15) is 30.6 Å². The number of benzene rings is 2. The maximum absolute atomic E-state index is 13.6. The van der Waals surface area contributed by atoms with Gasteiger partial charge < -0.3 is 9.47 Å². The number of hydrogen-bond acceptors (Lipinski definition) is 8. The number of morpholine rings is 1. The number of nitrogens with zero attached hydrogens (tertiary/aromatic N) is 3. The number of sulfone groups is 1. The molecule has 1 amide bonds. The molecule has 188 valence electrons. The van der Waals surface area contributed by atoms with Crippen molar-refractivity contribution in [3.05, 3.63) is 48.0 Å². The van der Waals surface area contributed by atoms with Crippen molar-refractivity contribution in [1.29, 1.82) is 0 Å². The molecule has 3 aromatic rings. The summed E-state index contributed by atoms with van der Waals surface area (Å²) in [6, 6.07) is 11.9. The van der Waals surface area contributed by atoms with E-state index >= 15 is 0 Å². The highest BCUT2D eigenvalue weighted by atomic mass is 32.2. The molecule has 4 rings (SSSR count). The Morgan fingerprint density at radius 3 is 2.57 bits per heavy atom. The summed E-state index contributed by atoms with van der Waals surface area (Å²) in [4.78, 5) is 22.6. The standard InChI is InChI=1S/C25H31N3O5S2/c1-3-33-20-8-11-22-23(18-20)34-25(26-22)28(13-5-12-27-14-16-32-17-15-27)24(29)19-6-9-21(10-7-19)35(30,31)4-2/h6-11,18H,3-5,12-17H2,1-2H3. The molecule has 1 aliphatic rings. The Bertz CT molecular complexity index is 1250. The second-order valence-corrected chi connectivity index (χ2v) is 11.5. The Morgan fingerprint density at radius 2 is 1.89 bits per heavy atom. The molecule has 2 aromatic carbocycles. The molecule has 35 heavy (non-hydrogen) atoms. The largest absolute Gasteiger partial charge is 0.494 e. The second-order valence-electron chi connectivity index (χ2n) is 8.25. The summed E-state index contributed by atoms with van der Waals surface area (Å²) in [5.74, 6) is 0.591. The summed E-state index contributed by atoms with van der Waals surface area (Å²) in [6.07, 6.45) is 0.786. The molecule has 1 saturated heterocycles. The van der Waals surface area contributed by atoms with Gasteiger partial charge in [0.2, 0.25) is 0 Å². The zero-order valence-corrected chi connectivity index (χ0v) is 21.7. The molecule has 2 heterocycles. The molecule has 0 spiro atoms. The van der Waals surface area contributed by atoms with E-state index in [1.54, 1.807) is 24.0 Å². The van der Waals surface area contributed by atoms with Crippen LogP contribution in [0, 0.1) is 0 Å². The van der Waals surface area contributed by atoms with Gasteiger partial charge in [0.05, 0.1) is 40.7 Å². The van der Waals surface area contributed by atoms with Gasteiger partial charge in [-0.1, -0.05) is 18.3 Å². The normalized spacial score (nSPS) is 14.8. The number of fused-ring (bicyclic) bond motifs is 1. The molecular formula is C25H31N3O5S2. The third-order valence-corrected chi connectivity index (χ3v) is 8.73. The van der Waals surface area contributed by atoms with Gasteiger partial charge in [-0.15, -0.1) is 0 Å². The zero-order valence-electron chi connectivity index (χ0n) is 20.1. The molecule has 10 heteroatoms. The first-order valence-corrected chi connectivity index (χ1v) is 14.4. The molecular weight excluding hydrogens is 486 g/mol. The van der Waals surface area contributed by atoms with Gasteiger partial charge in [-0.2, -0.15) is 0 Å². The number of carbonyl (C=O) groups excluding carboxylic acids is 1. The van der Waals surface area contributed by atoms with Gasteiger partial charge in [0.25, 0.3) is 5.91 Å². The number of ether oxygens (including phenoxy) is 2. The summed E-state index contributed by atoms with van der Waals surface area (Å²) >= 11 is 1.45. The Morgan fingerprint density at radius 1 is 1.14 bits per heavy atom. The molecule has 0 bridgehead atoms. The van der Waals surface area contributed by atoms with Gasteiger partial charge in [0, 0.05) is 31.7 Å². The fraction of sp³-hybridized carbons (Fsp3) is 0.440. The van der Waals surface area contributed by atoms with Crippen molar-refractivity contribution in [3.8, 4) is 5.75 Å². The lowest BCUT2D eigenvalue weighted by atomic mass is 10.2. The first kappa shape index (κ1) is 25.6. The molecule has 0 unspecified atom stereocenters. The van der Waals surface area contributed by atoms with E-state index in [4.69, 9.17) is 14.5 Å². The van der Waals surface area contributed by atoms with Crippen LogP contribution in [0.15, 0.2) is 47.4 Å². The van der Waals surface area contributed by atoms with Crippen molar-refractivity contribution in [2.24, 2.45) is 0 Å². The van der Waals surface area contributed by atoms with Crippen LogP contribution in [0.2, 0.25) is 0 Å². The topological polar surface area (TPSA) is 89.0 Å². The lowest BCUT2D eigenvalue weighted by Gasteiger charge is -2.27. The van der Waals surface area contributed by atoms with Gasteiger partial charge in [-0.25, -0.2) is 13.4 Å². The number of hydrogen-bond donors (Lipinski definition) is 0. The molecule has 0 N–H and O–H groups in total. The molecule has 0 saturated carbocycles. The lowest BCUT2D eigenvalue weighted by molar-refractivity contribution is 0.0376. The monoisotopic (exact) mass is 517 g/mol. The van der Waals surface area contributed by atoms with Crippen molar-refractivity contribution < 1.29 is 22.7 Å². The van der Waals surface area contributed by atoms with Crippen LogP contribution in [0.5, 0.6) is 5.75 Å². The van der Waals surface area contributed by atoms with E-state index in [0.717, 1.165) is 55.2 Å². The van der Waals surface area contributed by atoms with Crippen LogP contribution in [0.25, 0.3) is 10.2 Å². The summed E-state index contributed by atoms with van der Waals surface area (Å²) < 4.78 is 36.3. The minimum Gasteiger partial charge on any atom is -0.494 e. The van der Waals surface area contributed by atoms with Crippen molar-refractivity contribution in [2.45, 2.75) is 25.2 Å². The molecule has 0 atom stereocenters. The molecule has 1 fully saturated rings. The molecule has 0 radical (unpaired) electrons. The molecule has 1 aromatic heterocycles. The fourth-order valence-corrected chi connectivity index (χ4v) is 5.86. The van der Waals surface area contributed by atoms with Gasteiger partial charge in [0.15, 0.2) is 15.0 Å².